The zero-order chi connectivity index (χ0) is 71.9. The van der Waals surface area contributed by atoms with Gasteiger partial charge in [-0.1, -0.05) is 0 Å². The van der Waals surface area contributed by atoms with Crippen molar-refractivity contribution >= 4 is 0 Å². The third-order valence-corrected chi connectivity index (χ3v) is 13.0. The molecule has 11 aromatic heterocycles. The van der Waals surface area contributed by atoms with E-state index in [1.54, 1.807) is 31.2 Å². The average Bonchev–Trinajstić information content (AvgIpc) is 1.08. The Morgan fingerprint density at radius 3 is 1.02 bits per heavy atom. The number of hydrogen-bond donors (Lipinski definition) is 0. The average molecular weight is 1290 g/mol. The van der Waals surface area contributed by atoms with Crippen molar-refractivity contribution in [2.45, 2.75) is 201 Å². The molecule has 0 fully saturated rings. The van der Waals surface area contributed by atoms with Gasteiger partial charge in [-0.2, -0.15) is 20.4 Å². The summed E-state index contributed by atoms with van der Waals surface area (Å²) < 4.78 is 0. The van der Waals surface area contributed by atoms with Gasteiger partial charge in [-0.05, 0) is 265 Å². The van der Waals surface area contributed by atoms with Crippen LogP contribution in [-0.2, 0) is 0 Å². The molecule has 22 heteroatoms. The van der Waals surface area contributed by atoms with Crippen LogP contribution in [0.3, 0.4) is 0 Å². The normalized spacial score (nSPS) is 9.53. The van der Waals surface area contributed by atoms with Gasteiger partial charge in [0.1, 0.15) is 41.8 Å². The van der Waals surface area contributed by atoms with Crippen molar-refractivity contribution in [1.29, 1.82) is 0 Å². The first-order chi connectivity index (χ1) is 44.5. The minimum Gasteiger partial charge on any atom is -0.258 e. The minimum absolute atomic E-state index is 0.829. The highest BCUT2D eigenvalue weighted by molar-refractivity contribution is 5.22. The van der Waals surface area contributed by atoms with Gasteiger partial charge in [0, 0.05) is 88.4 Å². The van der Waals surface area contributed by atoms with Crippen LogP contribution in [0.15, 0.2) is 92.4 Å². The molecule has 0 atom stereocenters. The monoisotopic (exact) mass is 1290 g/mol. The Hall–Kier alpha value is -10.1. The number of rotatable bonds is 0. The lowest BCUT2D eigenvalue weighted by molar-refractivity contribution is 0.941. The van der Waals surface area contributed by atoms with Crippen molar-refractivity contribution in [2.24, 2.45) is 0 Å². The van der Waals surface area contributed by atoms with Crippen LogP contribution >= 0.6 is 0 Å². The lowest BCUT2D eigenvalue weighted by Gasteiger charge is -2.02. The molecule has 0 saturated carbocycles. The van der Waals surface area contributed by atoms with E-state index >= 15 is 0 Å². The standard InChI is InChI=1S/2C8H12N2.3C7H10N2.6C6H8N2/c1-5-6(2)10-8(4)7(3)9-5;1-5-6(2)9-8(4)10-7(5)3;1-5-4-8-6(2)7(3)9-5;1-5-4-8-7(3)9-6(5)2;1-5-4-6(2)9-7(3)8-5;1-5-3-7-4-8-6(5)2;1-5-3-6(2)8-4-7-5;1-5-3-7-6(2)8-4-5;1-5-3-6(2)8-7-4-5;1-5-3-4-7-6(2)8-5;1-5-3-4-6(2)8-7-5/h2*1-4H3;3*4H,1-3H3;6*3-4H,1-2H3. The molecule has 0 aliphatic carbocycles. The number of aromatic nitrogens is 22. The first-order valence-electron chi connectivity index (χ1n) is 31.0. The number of aryl methyl sites for hydroxylation is 28. The van der Waals surface area contributed by atoms with Crippen molar-refractivity contribution in [3.63, 3.8) is 0 Å². The molecule has 0 aromatic carbocycles. The highest BCUT2D eigenvalue weighted by atomic mass is 15.1. The number of hydrogen-bond acceptors (Lipinski definition) is 22. The largest absolute Gasteiger partial charge is 0.258 e. The Balaban J connectivity index is 0.000000523. The molecule has 0 bridgehead atoms. The van der Waals surface area contributed by atoms with Gasteiger partial charge < -0.3 is 0 Å². The maximum Gasteiger partial charge on any atom is 0.125 e. The van der Waals surface area contributed by atoms with Crippen LogP contribution in [0.1, 0.15) is 165 Å². The van der Waals surface area contributed by atoms with E-state index in [0.29, 0.717) is 0 Å². The molecule has 504 valence electrons. The summed E-state index contributed by atoms with van der Waals surface area (Å²) >= 11 is 0. The van der Waals surface area contributed by atoms with Crippen molar-refractivity contribution in [3.8, 4) is 0 Å². The molecule has 11 heterocycles. The smallest absolute Gasteiger partial charge is 0.125 e. The second-order valence-corrected chi connectivity index (χ2v) is 22.5. The highest BCUT2D eigenvalue weighted by Crippen LogP contribution is 2.08. The molecule has 95 heavy (non-hydrogen) atoms. The highest BCUT2D eigenvalue weighted by Gasteiger charge is 2.01. The first-order valence-corrected chi connectivity index (χ1v) is 31.0. The summed E-state index contributed by atoms with van der Waals surface area (Å²) in [6.07, 6.45) is 15.7. The second kappa shape index (κ2) is 44.4. The van der Waals surface area contributed by atoms with Crippen LogP contribution in [0.4, 0.5) is 0 Å². The quantitative estimate of drug-likeness (QED) is 0.136. The molecule has 0 aliphatic rings. The van der Waals surface area contributed by atoms with Gasteiger partial charge in [0.05, 0.1) is 63.1 Å². The van der Waals surface area contributed by atoms with Gasteiger partial charge in [0.25, 0.3) is 0 Å². The Kier molecular flexibility index (Phi) is 38.8. The first kappa shape index (κ1) is 82.9. The van der Waals surface area contributed by atoms with E-state index < -0.39 is 0 Å². The molecule has 0 unspecified atom stereocenters. The van der Waals surface area contributed by atoms with Crippen LogP contribution < -0.4 is 0 Å². The molecule has 0 radical (unpaired) electrons. The molecular weight excluding hydrogens is 1180 g/mol. The molecule has 0 spiro atoms. The fourth-order valence-electron chi connectivity index (χ4n) is 7.12. The molecule has 0 saturated heterocycles. The topological polar surface area (TPSA) is 284 Å². The van der Waals surface area contributed by atoms with Crippen LogP contribution in [-0.4, -0.2) is 110 Å². The maximum atomic E-state index is 4.31. The SMILES string of the molecule is Cc1cc(C)nc(C)n1.Cc1cc(C)ncn1.Cc1ccc(C)nn1.Cc1ccnc(C)n1.Cc1cnc(C)c(C)n1.Cc1cnc(C)nc1.Cc1cncnc1C.Cc1cnnc(C)c1.Cc1nc(C)c(C)c(C)n1.Cc1nc(C)c(C)nc1C.Cc1ncc(C)c(C)n1. The van der Waals surface area contributed by atoms with E-state index in [9.17, 15) is 0 Å². The summed E-state index contributed by atoms with van der Waals surface area (Å²) in [5.41, 5.74) is 25.3. The Morgan fingerprint density at radius 2 is 0.674 bits per heavy atom. The number of nitrogens with zero attached hydrogens (tertiary/aromatic N) is 22. The van der Waals surface area contributed by atoms with E-state index in [-0.39, 0.29) is 0 Å². The summed E-state index contributed by atoms with van der Waals surface area (Å²) in [4.78, 5) is 73.4. The van der Waals surface area contributed by atoms with E-state index in [4.69, 9.17) is 0 Å². The molecule has 11 rings (SSSR count). The lowest BCUT2D eigenvalue weighted by atomic mass is 10.2. The van der Waals surface area contributed by atoms with Crippen LogP contribution in [0.5, 0.6) is 0 Å². The van der Waals surface area contributed by atoms with Crippen LogP contribution in [0, 0.1) is 201 Å². The Bertz CT molecular complexity index is 3590. The van der Waals surface area contributed by atoms with E-state index in [1.165, 1.54) is 5.56 Å². The van der Waals surface area contributed by atoms with Gasteiger partial charge in [0.2, 0.25) is 0 Å². The zero-order valence-corrected chi connectivity index (χ0v) is 62.0. The van der Waals surface area contributed by atoms with E-state index in [2.05, 4.69) is 110 Å². The fraction of sp³-hybridized carbons (Fsp3) is 0.397. The fourth-order valence-corrected chi connectivity index (χ4v) is 7.12. The van der Waals surface area contributed by atoms with Crippen molar-refractivity contribution in [1.82, 2.24) is 110 Å². The predicted molar refractivity (Wildman–Crippen MR) is 380 cm³/mol. The lowest BCUT2D eigenvalue weighted by Crippen LogP contribution is -1.97. The molecule has 0 amide bonds. The summed E-state index contributed by atoms with van der Waals surface area (Å²) in [6, 6.07) is 11.7. The third kappa shape index (κ3) is 38.5. The molecule has 11 aromatic rings. The van der Waals surface area contributed by atoms with Crippen molar-refractivity contribution < 1.29 is 0 Å². The summed E-state index contributed by atoms with van der Waals surface area (Å²) in [7, 11) is 0. The molecule has 22 nitrogen and oxygen atoms in total. The van der Waals surface area contributed by atoms with E-state index in [1.807, 2.05) is 262 Å². The zero-order valence-electron chi connectivity index (χ0n) is 62.0. The predicted octanol–water partition coefficient (Wildman–Crippen LogP) is 14.2. The summed E-state index contributed by atoms with van der Waals surface area (Å²) in [5.74, 6) is 4.23. The Morgan fingerprint density at radius 1 is 0.221 bits per heavy atom. The van der Waals surface area contributed by atoms with Gasteiger partial charge in [-0.25, -0.2) is 69.8 Å². The van der Waals surface area contributed by atoms with Crippen LogP contribution in [0.25, 0.3) is 0 Å². The third-order valence-electron chi connectivity index (χ3n) is 13.0. The van der Waals surface area contributed by atoms with E-state index in [0.717, 1.165) is 160 Å². The minimum atomic E-state index is 0.829. The maximum absolute atomic E-state index is 4.31. The van der Waals surface area contributed by atoms with Gasteiger partial charge >= 0.3 is 0 Å². The van der Waals surface area contributed by atoms with Crippen molar-refractivity contribution in [3.05, 3.63) is 258 Å². The van der Waals surface area contributed by atoms with Gasteiger partial charge in [0.15, 0.2) is 0 Å². The van der Waals surface area contributed by atoms with Crippen molar-refractivity contribution in [2.75, 3.05) is 0 Å². The summed E-state index contributed by atoms with van der Waals surface area (Å²) in [6.45, 7) is 56.9. The second-order valence-electron chi connectivity index (χ2n) is 22.5. The van der Waals surface area contributed by atoms with Gasteiger partial charge in [-0.3, -0.25) is 19.9 Å². The molecule has 0 N–H and O–H groups in total. The summed E-state index contributed by atoms with van der Waals surface area (Å²) in [5, 5.41) is 15.2. The van der Waals surface area contributed by atoms with Gasteiger partial charge in [-0.15, -0.1) is 0 Å². The van der Waals surface area contributed by atoms with Crippen LogP contribution in [0.2, 0.25) is 0 Å². The Labute approximate surface area is 565 Å². The molecular formula is C73H102N22. The molecule has 0 aliphatic heterocycles.